The summed E-state index contributed by atoms with van der Waals surface area (Å²) in [6.07, 6.45) is -7.40. The Hall–Kier alpha value is -2.19. The molecule has 0 spiro atoms. The molecule has 0 saturated carbocycles. The van der Waals surface area contributed by atoms with E-state index in [4.69, 9.17) is 4.84 Å². The summed E-state index contributed by atoms with van der Waals surface area (Å²) < 4.78 is 75.6. The van der Waals surface area contributed by atoms with Crippen molar-refractivity contribution in [2.24, 2.45) is 0 Å². The van der Waals surface area contributed by atoms with Gasteiger partial charge in [-0.2, -0.15) is 26.3 Å². The summed E-state index contributed by atoms with van der Waals surface area (Å²) >= 11 is 0. The molecule has 1 aromatic carbocycles. The summed E-state index contributed by atoms with van der Waals surface area (Å²) in [5.74, 6) is -0.769. The molecule has 0 aliphatic heterocycles. The lowest BCUT2D eigenvalue weighted by molar-refractivity contribution is -0.144. The average molecular weight is 296 g/mol. The number of hydrogen-bond acceptors (Lipinski definition) is 2. The maximum atomic E-state index is 12.8. The Bertz CT molecular complexity index is 588. The van der Waals surface area contributed by atoms with Crippen LogP contribution in [0.4, 0.5) is 26.3 Å². The maximum absolute atomic E-state index is 12.8. The number of hydrogen-bond donors (Lipinski definition) is 0. The minimum atomic E-state index is -4.98. The first kappa shape index (κ1) is 14.2. The topological polar surface area (TPSA) is 27.1 Å². The normalized spacial score (nSPS) is 12.5. The molecule has 0 amide bonds. The van der Waals surface area contributed by atoms with Crippen molar-refractivity contribution in [1.82, 2.24) is 9.94 Å². The zero-order valence-corrected chi connectivity index (χ0v) is 9.53. The predicted octanol–water partition coefficient (Wildman–Crippen LogP) is 3.76. The second kappa shape index (κ2) is 4.73. The van der Waals surface area contributed by atoms with Crippen molar-refractivity contribution >= 4 is 0 Å². The fourth-order valence-electron chi connectivity index (χ4n) is 1.42. The molecule has 2 aromatic rings. The fraction of sp³-hybridized carbons (Fsp3) is 0.182. The number of benzene rings is 1. The Morgan fingerprint density at radius 3 is 2.20 bits per heavy atom. The highest BCUT2D eigenvalue weighted by Crippen LogP contribution is 2.40. The van der Waals surface area contributed by atoms with E-state index in [1.54, 1.807) is 0 Å². The highest BCUT2D eigenvalue weighted by Gasteiger charge is 2.39. The van der Waals surface area contributed by atoms with Crippen LogP contribution < -0.4 is 4.84 Å². The molecule has 3 nitrogen and oxygen atoms in total. The van der Waals surface area contributed by atoms with E-state index >= 15 is 0 Å². The molecule has 9 heteroatoms. The molecule has 0 radical (unpaired) electrons. The highest BCUT2D eigenvalue weighted by atomic mass is 19.4. The van der Waals surface area contributed by atoms with Gasteiger partial charge in [-0.25, -0.2) is 0 Å². The summed E-state index contributed by atoms with van der Waals surface area (Å²) in [6, 6.07) is 2.50. The van der Waals surface area contributed by atoms with Crippen LogP contribution in [0, 0.1) is 0 Å². The van der Waals surface area contributed by atoms with E-state index < -0.39 is 29.2 Å². The summed E-state index contributed by atoms with van der Waals surface area (Å²) in [5, 5.41) is 3.51. The van der Waals surface area contributed by atoms with E-state index in [1.807, 2.05) is 0 Å². The Morgan fingerprint density at radius 2 is 1.70 bits per heavy atom. The van der Waals surface area contributed by atoms with Crippen molar-refractivity contribution in [3.63, 3.8) is 0 Å². The molecular weight excluding hydrogens is 290 g/mol. The third kappa shape index (κ3) is 3.03. The fourth-order valence-corrected chi connectivity index (χ4v) is 1.42. The van der Waals surface area contributed by atoms with Crippen LogP contribution >= 0.6 is 0 Å². The van der Waals surface area contributed by atoms with Gasteiger partial charge in [0.05, 0.1) is 18.0 Å². The van der Waals surface area contributed by atoms with Crippen molar-refractivity contribution in [3.05, 3.63) is 47.8 Å². The molecule has 1 aromatic heterocycles. The predicted molar refractivity (Wildman–Crippen MR) is 54.7 cm³/mol. The van der Waals surface area contributed by atoms with Gasteiger partial charge in [0.25, 0.3) is 0 Å². The molecule has 20 heavy (non-hydrogen) atoms. The second-order valence-corrected chi connectivity index (χ2v) is 3.71. The summed E-state index contributed by atoms with van der Waals surface area (Å²) in [5.41, 5.74) is -2.93. The van der Waals surface area contributed by atoms with Gasteiger partial charge in [-0.1, -0.05) is 0 Å². The van der Waals surface area contributed by atoms with Gasteiger partial charge in [-0.05, 0) is 24.3 Å². The molecule has 0 fully saturated rings. The van der Waals surface area contributed by atoms with Crippen LogP contribution in [0.1, 0.15) is 11.1 Å². The molecule has 2 rings (SSSR count). The second-order valence-electron chi connectivity index (χ2n) is 3.71. The lowest BCUT2D eigenvalue weighted by Gasteiger charge is -2.15. The van der Waals surface area contributed by atoms with Crippen LogP contribution in [0.25, 0.3) is 0 Å². The molecule has 0 unspecified atom stereocenters. The molecule has 0 aliphatic carbocycles. The summed E-state index contributed by atoms with van der Waals surface area (Å²) in [4.78, 5) is 5.47. The summed E-state index contributed by atoms with van der Waals surface area (Å²) in [7, 11) is 0. The van der Waals surface area contributed by atoms with Gasteiger partial charge in [-0.15, -0.1) is 9.94 Å². The summed E-state index contributed by atoms with van der Waals surface area (Å²) in [6.45, 7) is 0. The van der Waals surface area contributed by atoms with Crippen molar-refractivity contribution in [3.8, 4) is 5.75 Å². The SMILES string of the molecule is FC(F)(F)c1ccc(On2cccn2)c(C(F)(F)F)c1. The van der Waals surface area contributed by atoms with Crippen LogP contribution in [0.3, 0.4) is 0 Å². The smallest absolute Gasteiger partial charge is 0.357 e. The number of halogens is 6. The Labute approximate surface area is 108 Å². The van der Waals surface area contributed by atoms with Crippen molar-refractivity contribution in [1.29, 1.82) is 0 Å². The molecular formula is C11H6F6N2O. The lowest BCUT2D eigenvalue weighted by Crippen LogP contribution is -2.15. The third-order valence-corrected chi connectivity index (χ3v) is 2.28. The first-order valence-corrected chi connectivity index (χ1v) is 5.14. The molecule has 108 valence electrons. The van der Waals surface area contributed by atoms with Gasteiger partial charge in [0.1, 0.15) is 5.56 Å². The van der Waals surface area contributed by atoms with Gasteiger partial charge in [-0.3, -0.25) is 0 Å². The van der Waals surface area contributed by atoms with Crippen molar-refractivity contribution in [2.45, 2.75) is 12.4 Å². The van der Waals surface area contributed by atoms with E-state index in [0.29, 0.717) is 17.0 Å². The Kier molecular flexibility index (Phi) is 3.36. The first-order chi connectivity index (χ1) is 9.18. The van der Waals surface area contributed by atoms with Crippen LogP contribution in [-0.2, 0) is 12.4 Å². The number of aromatic nitrogens is 2. The molecule has 0 aliphatic rings. The average Bonchev–Trinajstić information content (AvgIpc) is 2.79. The zero-order valence-electron chi connectivity index (χ0n) is 9.53. The first-order valence-electron chi connectivity index (χ1n) is 5.14. The Morgan fingerprint density at radius 1 is 1.00 bits per heavy atom. The van der Waals surface area contributed by atoms with Crippen LogP contribution in [0.15, 0.2) is 36.7 Å². The number of nitrogens with zero attached hydrogens (tertiary/aromatic N) is 2. The quantitative estimate of drug-likeness (QED) is 0.789. The lowest BCUT2D eigenvalue weighted by atomic mass is 10.1. The molecule has 0 N–H and O–H groups in total. The molecule has 0 saturated heterocycles. The van der Waals surface area contributed by atoms with E-state index in [9.17, 15) is 26.3 Å². The molecule has 1 heterocycles. The van der Waals surface area contributed by atoms with E-state index in [-0.39, 0.29) is 6.07 Å². The Balaban J connectivity index is 2.46. The largest absolute Gasteiger partial charge is 0.420 e. The number of rotatable bonds is 2. The van der Waals surface area contributed by atoms with Crippen LogP contribution in [-0.4, -0.2) is 9.94 Å². The molecule has 0 atom stereocenters. The van der Waals surface area contributed by atoms with Crippen molar-refractivity contribution in [2.75, 3.05) is 0 Å². The monoisotopic (exact) mass is 296 g/mol. The maximum Gasteiger partial charge on any atom is 0.420 e. The minimum Gasteiger partial charge on any atom is -0.357 e. The van der Waals surface area contributed by atoms with Gasteiger partial charge < -0.3 is 4.84 Å². The number of alkyl halides is 6. The van der Waals surface area contributed by atoms with Gasteiger partial charge in [0, 0.05) is 0 Å². The van der Waals surface area contributed by atoms with Crippen molar-refractivity contribution < 1.29 is 31.2 Å². The van der Waals surface area contributed by atoms with Crippen LogP contribution in [0.2, 0.25) is 0 Å². The van der Waals surface area contributed by atoms with Gasteiger partial charge >= 0.3 is 12.4 Å². The standard InChI is InChI=1S/C11H6F6N2O/c12-10(13,14)7-2-3-9(8(6-7)11(15,16)17)20-19-5-1-4-18-19/h1-6H. The zero-order chi connectivity index (χ0) is 15.0. The highest BCUT2D eigenvalue weighted by molar-refractivity contribution is 5.40. The van der Waals surface area contributed by atoms with Gasteiger partial charge in [0.2, 0.25) is 0 Å². The molecule has 0 bridgehead atoms. The third-order valence-electron chi connectivity index (χ3n) is 2.28. The van der Waals surface area contributed by atoms with Crippen LogP contribution in [0.5, 0.6) is 5.75 Å². The van der Waals surface area contributed by atoms with E-state index in [2.05, 4.69) is 5.10 Å². The van der Waals surface area contributed by atoms with E-state index in [1.165, 1.54) is 18.5 Å². The van der Waals surface area contributed by atoms with E-state index in [0.717, 1.165) is 0 Å². The van der Waals surface area contributed by atoms with Gasteiger partial charge in [0.15, 0.2) is 5.75 Å². The minimum absolute atomic E-state index is 0.00116.